The van der Waals surface area contributed by atoms with E-state index in [0.29, 0.717) is 53.1 Å². The van der Waals surface area contributed by atoms with E-state index in [1.165, 1.54) is 6.07 Å². The van der Waals surface area contributed by atoms with Gasteiger partial charge < -0.3 is 24.3 Å². The molecule has 5 rings (SSSR count). The molecule has 0 amide bonds. The molecule has 43 heavy (non-hydrogen) atoms. The van der Waals surface area contributed by atoms with Crippen molar-refractivity contribution in [3.05, 3.63) is 107 Å². The molecule has 1 heterocycles. The molecule has 1 aliphatic rings. The number of carboxylic acid groups (broad SMARTS) is 2. The van der Waals surface area contributed by atoms with Crippen LogP contribution in [0.3, 0.4) is 0 Å². The van der Waals surface area contributed by atoms with E-state index in [1.54, 1.807) is 17.6 Å². The number of para-hydroxylation sites is 1. The van der Waals surface area contributed by atoms with Crippen LogP contribution < -0.4 is 9.47 Å². The highest BCUT2D eigenvalue weighted by atomic mass is 19.1. The second-order valence-corrected chi connectivity index (χ2v) is 11.0. The molecule has 0 bridgehead atoms. The Morgan fingerprint density at radius 1 is 0.884 bits per heavy atom. The van der Waals surface area contributed by atoms with Crippen molar-refractivity contribution >= 4 is 35.0 Å². The molecule has 4 aromatic rings. The number of carbonyl (C=O) groups is 2. The minimum Gasteiger partial charge on any atom is -0.490 e. The van der Waals surface area contributed by atoms with Gasteiger partial charge in [0.2, 0.25) is 0 Å². The lowest BCUT2D eigenvalue weighted by atomic mass is 9.91. The molecule has 8 heteroatoms. The predicted molar refractivity (Wildman–Crippen MR) is 164 cm³/mol. The summed E-state index contributed by atoms with van der Waals surface area (Å²) in [7, 11) is 0. The molecule has 0 atom stereocenters. The quantitative estimate of drug-likeness (QED) is 0.121. The number of aliphatic carboxylic acids is 2. The zero-order valence-corrected chi connectivity index (χ0v) is 24.0. The molecule has 7 nitrogen and oxygen atoms in total. The molecule has 1 aromatic heterocycles. The van der Waals surface area contributed by atoms with Crippen LogP contribution in [0.5, 0.6) is 11.5 Å². The van der Waals surface area contributed by atoms with Gasteiger partial charge in [-0.3, -0.25) is 9.59 Å². The standard InChI is InChI=1S/C35H34FNO6/c1-24-29(21-35(17-18-35)22-31(38)39)33-30(36)16-13-26(34(33)37(24)23-32(40)41)12-9-25-10-14-28(15-11-25)43-20-6-5-19-42-27-7-3-2-4-8-27/h2-16H,17-23H2,1H3,(H,38,39)(H,40,41)/b6-5+,12-9?. The number of halogens is 1. The van der Waals surface area contributed by atoms with E-state index in [4.69, 9.17) is 9.47 Å². The van der Waals surface area contributed by atoms with E-state index >= 15 is 4.39 Å². The Bertz CT molecular complexity index is 1670. The van der Waals surface area contributed by atoms with Crippen LogP contribution in [-0.4, -0.2) is 39.9 Å². The minimum absolute atomic E-state index is 0.0118. The van der Waals surface area contributed by atoms with E-state index in [1.807, 2.05) is 78.9 Å². The van der Waals surface area contributed by atoms with Crippen LogP contribution >= 0.6 is 0 Å². The number of ether oxygens (including phenoxy) is 2. The summed E-state index contributed by atoms with van der Waals surface area (Å²) in [6.07, 6.45) is 9.45. The summed E-state index contributed by atoms with van der Waals surface area (Å²) in [6, 6.07) is 20.2. The van der Waals surface area contributed by atoms with Crippen molar-refractivity contribution in [3.8, 4) is 11.5 Å². The summed E-state index contributed by atoms with van der Waals surface area (Å²) in [5.74, 6) is -0.837. The lowest BCUT2D eigenvalue weighted by molar-refractivity contribution is -0.139. The van der Waals surface area contributed by atoms with Crippen LogP contribution in [0.4, 0.5) is 4.39 Å². The Hall–Kier alpha value is -4.85. The number of hydrogen-bond acceptors (Lipinski definition) is 4. The molecule has 0 spiro atoms. The molecule has 1 fully saturated rings. The van der Waals surface area contributed by atoms with Crippen molar-refractivity contribution in [2.45, 2.75) is 39.2 Å². The normalized spacial score (nSPS) is 14.0. The summed E-state index contributed by atoms with van der Waals surface area (Å²) in [4.78, 5) is 23.2. The molecule has 1 aliphatic carbocycles. The third-order valence-electron chi connectivity index (χ3n) is 7.84. The first-order valence-corrected chi connectivity index (χ1v) is 14.2. The van der Waals surface area contributed by atoms with E-state index in [-0.39, 0.29) is 13.0 Å². The van der Waals surface area contributed by atoms with E-state index in [2.05, 4.69) is 0 Å². The third kappa shape index (κ3) is 7.33. The van der Waals surface area contributed by atoms with Gasteiger partial charge in [-0.05, 0) is 96.8 Å². The lowest BCUT2D eigenvalue weighted by Gasteiger charge is -2.13. The zero-order valence-electron chi connectivity index (χ0n) is 24.0. The number of hydrogen-bond donors (Lipinski definition) is 2. The molecule has 0 unspecified atom stereocenters. The molecule has 2 N–H and O–H groups in total. The Morgan fingerprint density at radius 2 is 1.53 bits per heavy atom. The number of carboxylic acids is 2. The number of benzene rings is 3. The molecule has 1 saturated carbocycles. The fourth-order valence-electron chi connectivity index (χ4n) is 5.45. The number of fused-ring (bicyclic) bond motifs is 1. The molecule has 0 radical (unpaired) electrons. The average molecular weight is 584 g/mol. The second kappa shape index (κ2) is 13.0. The van der Waals surface area contributed by atoms with Crippen molar-refractivity contribution < 1.29 is 33.7 Å². The monoisotopic (exact) mass is 583 g/mol. The minimum atomic E-state index is -1.04. The van der Waals surface area contributed by atoms with Crippen molar-refractivity contribution in [2.75, 3.05) is 13.2 Å². The van der Waals surface area contributed by atoms with E-state index in [0.717, 1.165) is 24.2 Å². The molecule has 3 aromatic carbocycles. The Morgan fingerprint density at radius 3 is 2.14 bits per heavy atom. The average Bonchev–Trinajstić information content (AvgIpc) is 3.68. The maximum absolute atomic E-state index is 15.3. The molecule has 222 valence electrons. The number of aromatic nitrogens is 1. The van der Waals surface area contributed by atoms with Crippen LogP contribution in [0.25, 0.3) is 23.1 Å². The van der Waals surface area contributed by atoms with Gasteiger partial charge in [0.05, 0.1) is 11.9 Å². The fourth-order valence-corrected chi connectivity index (χ4v) is 5.45. The number of rotatable bonds is 14. The molecule has 0 saturated heterocycles. The Kier molecular flexibility index (Phi) is 8.95. The van der Waals surface area contributed by atoms with Crippen LogP contribution in [0, 0.1) is 18.2 Å². The van der Waals surface area contributed by atoms with Gasteiger partial charge in [-0.1, -0.05) is 42.5 Å². The predicted octanol–water partition coefficient (Wildman–Crippen LogP) is 7.16. The summed E-state index contributed by atoms with van der Waals surface area (Å²) in [6.45, 7) is 2.31. The van der Waals surface area contributed by atoms with E-state index < -0.39 is 23.2 Å². The van der Waals surface area contributed by atoms with Gasteiger partial charge in [-0.2, -0.15) is 0 Å². The van der Waals surface area contributed by atoms with Gasteiger partial charge in [0.1, 0.15) is 37.1 Å². The summed E-state index contributed by atoms with van der Waals surface area (Å²) in [5, 5.41) is 19.4. The maximum atomic E-state index is 15.3. The summed E-state index contributed by atoms with van der Waals surface area (Å²) < 4.78 is 28.4. The first-order valence-electron chi connectivity index (χ1n) is 14.2. The van der Waals surface area contributed by atoms with Gasteiger partial charge in [-0.15, -0.1) is 0 Å². The van der Waals surface area contributed by atoms with Gasteiger partial charge in [0.15, 0.2) is 0 Å². The molecular formula is C35H34FNO6. The van der Waals surface area contributed by atoms with Crippen LogP contribution in [0.2, 0.25) is 0 Å². The zero-order chi connectivity index (χ0) is 30.4. The smallest absolute Gasteiger partial charge is 0.323 e. The van der Waals surface area contributed by atoms with Crippen LogP contribution in [-0.2, 0) is 22.6 Å². The lowest BCUT2D eigenvalue weighted by Crippen LogP contribution is -2.13. The summed E-state index contributed by atoms with van der Waals surface area (Å²) >= 11 is 0. The third-order valence-corrected chi connectivity index (χ3v) is 7.84. The molecule has 0 aliphatic heterocycles. The van der Waals surface area contributed by atoms with Crippen molar-refractivity contribution in [1.29, 1.82) is 0 Å². The first kappa shape index (κ1) is 29.6. The van der Waals surface area contributed by atoms with Crippen molar-refractivity contribution in [2.24, 2.45) is 5.41 Å². The van der Waals surface area contributed by atoms with Gasteiger partial charge in [-0.25, -0.2) is 4.39 Å². The largest absolute Gasteiger partial charge is 0.490 e. The molecular weight excluding hydrogens is 549 g/mol. The summed E-state index contributed by atoms with van der Waals surface area (Å²) in [5.41, 5.74) is 3.00. The first-order chi connectivity index (χ1) is 20.7. The Labute approximate surface area is 249 Å². The highest BCUT2D eigenvalue weighted by Gasteiger charge is 2.45. The SMILES string of the molecule is Cc1c(CC2(CC(=O)O)CC2)c2c(F)ccc(C=Cc3ccc(OC/C=C/COc4ccccc4)cc3)c2n1CC(=O)O. The van der Waals surface area contributed by atoms with Crippen molar-refractivity contribution in [3.63, 3.8) is 0 Å². The second-order valence-electron chi connectivity index (χ2n) is 11.0. The topological polar surface area (TPSA) is 98.0 Å². The highest BCUT2D eigenvalue weighted by molar-refractivity contribution is 5.95. The maximum Gasteiger partial charge on any atom is 0.323 e. The van der Waals surface area contributed by atoms with Crippen LogP contribution in [0.1, 0.15) is 41.6 Å². The van der Waals surface area contributed by atoms with Crippen LogP contribution in [0.15, 0.2) is 78.9 Å². The van der Waals surface area contributed by atoms with Gasteiger partial charge in [0, 0.05) is 11.1 Å². The fraction of sp³-hybridized carbons (Fsp3) is 0.257. The van der Waals surface area contributed by atoms with Gasteiger partial charge in [0.25, 0.3) is 0 Å². The van der Waals surface area contributed by atoms with E-state index in [9.17, 15) is 19.8 Å². The number of nitrogens with zero attached hydrogens (tertiary/aromatic N) is 1. The Balaban J connectivity index is 1.31. The van der Waals surface area contributed by atoms with Crippen molar-refractivity contribution in [1.82, 2.24) is 4.57 Å². The highest BCUT2D eigenvalue weighted by Crippen LogP contribution is 2.53. The van der Waals surface area contributed by atoms with Gasteiger partial charge >= 0.3 is 11.9 Å².